The van der Waals surface area contributed by atoms with Gasteiger partial charge in [0.1, 0.15) is 5.75 Å². The summed E-state index contributed by atoms with van der Waals surface area (Å²) >= 11 is 0. The van der Waals surface area contributed by atoms with Crippen molar-refractivity contribution in [3.05, 3.63) is 17.7 Å². The van der Waals surface area contributed by atoms with Gasteiger partial charge in [0.05, 0.1) is 21.3 Å². The minimum Gasteiger partial charge on any atom is -0.496 e. The van der Waals surface area contributed by atoms with Crippen LogP contribution in [0, 0.1) is 0 Å². The Kier molecular flexibility index (Phi) is 4.31. The van der Waals surface area contributed by atoms with E-state index in [9.17, 15) is 0 Å². The van der Waals surface area contributed by atoms with Gasteiger partial charge < -0.3 is 19.5 Å². The third kappa shape index (κ3) is 2.53. The first-order valence-corrected chi connectivity index (χ1v) is 6.33. The molecule has 18 heavy (non-hydrogen) atoms. The van der Waals surface area contributed by atoms with Gasteiger partial charge in [-0.15, -0.1) is 0 Å². The Morgan fingerprint density at radius 1 is 0.944 bits per heavy atom. The highest BCUT2D eigenvalue weighted by Crippen LogP contribution is 2.39. The minimum atomic E-state index is 0.341. The van der Waals surface area contributed by atoms with Gasteiger partial charge in [0, 0.05) is 17.7 Å². The maximum Gasteiger partial charge on any atom is 0.164 e. The van der Waals surface area contributed by atoms with Crippen LogP contribution in [0.1, 0.15) is 30.9 Å². The van der Waals surface area contributed by atoms with Gasteiger partial charge in [-0.2, -0.15) is 0 Å². The van der Waals surface area contributed by atoms with E-state index in [0.717, 1.165) is 30.0 Å². The van der Waals surface area contributed by atoms with Crippen LogP contribution in [0.4, 0.5) is 0 Å². The molecule has 1 aromatic carbocycles. The molecule has 1 N–H and O–H groups in total. The number of methoxy groups -OCH3 is 3. The predicted octanol–water partition coefficient (Wildman–Crippen LogP) is 2.53. The van der Waals surface area contributed by atoms with Crippen molar-refractivity contribution in [2.45, 2.75) is 25.3 Å². The number of piperidine rings is 1. The van der Waals surface area contributed by atoms with E-state index in [1.165, 1.54) is 12.8 Å². The highest BCUT2D eigenvalue weighted by Gasteiger charge is 2.21. The Labute approximate surface area is 108 Å². The number of rotatable bonds is 4. The normalized spacial score (nSPS) is 19.4. The number of hydrogen-bond acceptors (Lipinski definition) is 4. The molecule has 1 heterocycles. The molecule has 0 radical (unpaired) electrons. The molecule has 4 nitrogen and oxygen atoms in total. The van der Waals surface area contributed by atoms with E-state index < -0.39 is 0 Å². The molecule has 0 spiro atoms. The van der Waals surface area contributed by atoms with Crippen molar-refractivity contribution in [2.75, 3.05) is 27.9 Å². The van der Waals surface area contributed by atoms with Crippen LogP contribution >= 0.6 is 0 Å². The number of hydrogen-bond donors (Lipinski definition) is 1. The van der Waals surface area contributed by atoms with E-state index in [1.807, 2.05) is 12.1 Å². The van der Waals surface area contributed by atoms with Crippen LogP contribution in [-0.2, 0) is 0 Å². The first kappa shape index (κ1) is 13.0. The van der Waals surface area contributed by atoms with Crippen LogP contribution in [0.15, 0.2) is 12.1 Å². The molecule has 0 unspecified atom stereocenters. The molecule has 1 aliphatic heterocycles. The van der Waals surface area contributed by atoms with E-state index in [2.05, 4.69) is 5.32 Å². The zero-order valence-corrected chi connectivity index (χ0v) is 11.3. The van der Waals surface area contributed by atoms with Crippen LogP contribution in [0.5, 0.6) is 17.2 Å². The fourth-order valence-electron chi connectivity index (χ4n) is 2.44. The molecule has 1 aliphatic rings. The van der Waals surface area contributed by atoms with Gasteiger partial charge in [0.25, 0.3) is 0 Å². The van der Waals surface area contributed by atoms with Crippen molar-refractivity contribution < 1.29 is 14.2 Å². The third-order valence-corrected chi connectivity index (χ3v) is 3.42. The van der Waals surface area contributed by atoms with Crippen LogP contribution in [0.25, 0.3) is 0 Å². The lowest BCUT2D eigenvalue weighted by molar-refractivity contribution is 0.340. The SMILES string of the molecule is COc1cc(OC)c([C@H]2CCCCN2)cc1OC. The van der Waals surface area contributed by atoms with Gasteiger partial charge in [-0.25, -0.2) is 0 Å². The van der Waals surface area contributed by atoms with Gasteiger partial charge in [0.15, 0.2) is 11.5 Å². The van der Waals surface area contributed by atoms with E-state index in [1.54, 1.807) is 21.3 Å². The Hall–Kier alpha value is -1.42. The van der Waals surface area contributed by atoms with Crippen molar-refractivity contribution in [1.82, 2.24) is 5.32 Å². The first-order valence-electron chi connectivity index (χ1n) is 6.33. The molecule has 1 atom stereocenters. The molecular weight excluding hydrogens is 230 g/mol. The lowest BCUT2D eigenvalue weighted by Crippen LogP contribution is -2.27. The summed E-state index contributed by atoms with van der Waals surface area (Å²) in [6.45, 7) is 1.06. The lowest BCUT2D eigenvalue weighted by atomic mass is 9.96. The van der Waals surface area contributed by atoms with E-state index in [4.69, 9.17) is 14.2 Å². The Morgan fingerprint density at radius 2 is 1.61 bits per heavy atom. The quantitative estimate of drug-likeness (QED) is 0.892. The molecule has 2 rings (SSSR count). The van der Waals surface area contributed by atoms with Gasteiger partial charge in [-0.1, -0.05) is 6.42 Å². The zero-order valence-electron chi connectivity index (χ0n) is 11.3. The largest absolute Gasteiger partial charge is 0.496 e. The summed E-state index contributed by atoms with van der Waals surface area (Å²) in [5, 5.41) is 3.52. The number of benzene rings is 1. The van der Waals surface area contributed by atoms with E-state index in [0.29, 0.717) is 11.8 Å². The van der Waals surface area contributed by atoms with Gasteiger partial charge in [-0.3, -0.25) is 0 Å². The molecule has 0 amide bonds. The van der Waals surface area contributed by atoms with E-state index >= 15 is 0 Å². The van der Waals surface area contributed by atoms with Crippen molar-refractivity contribution >= 4 is 0 Å². The summed E-state index contributed by atoms with van der Waals surface area (Å²) < 4.78 is 16.1. The van der Waals surface area contributed by atoms with Crippen molar-refractivity contribution in [2.24, 2.45) is 0 Å². The zero-order chi connectivity index (χ0) is 13.0. The Morgan fingerprint density at radius 3 is 2.17 bits per heavy atom. The second kappa shape index (κ2) is 5.96. The highest BCUT2D eigenvalue weighted by molar-refractivity contribution is 5.51. The van der Waals surface area contributed by atoms with Gasteiger partial charge >= 0.3 is 0 Å². The highest BCUT2D eigenvalue weighted by atomic mass is 16.5. The molecule has 1 fully saturated rings. The third-order valence-electron chi connectivity index (χ3n) is 3.42. The fraction of sp³-hybridized carbons (Fsp3) is 0.571. The topological polar surface area (TPSA) is 39.7 Å². The number of ether oxygens (including phenoxy) is 3. The average molecular weight is 251 g/mol. The second-order valence-electron chi connectivity index (χ2n) is 4.45. The van der Waals surface area contributed by atoms with Crippen molar-refractivity contribution in [1.29, 1.82) is 0 Å². The van der Waals surface area contributed by atoms with Crippen molar-refractivity contribution in [3.63, 3.8) is 0 Å². The molecular formula is C14H21NO3. The van der Waals surface area contributed by atoms with Crippen LogP contribution in [0.2, 0.25) is 0 Å². The van der Waals surface area contributed by atoms with Crippen LogP contribution < -0.4 is 19.5 Å². The number of nitrogens with one attached hydrogen (secondary N) is 1. The smallest absolute Gasteiger partial charge is 0.164 e. The summed E-state index contributed by atoms with van der Waals surface area (Å²) in [5.41, 5.74) is 1.15. The Balaban J connectivity index is 2.37. The summed E-state index contributed by atoms with van der Waals surface area (Å²) in [6.07, 6.45) is 3.62. The van der Waals surface area contributed by atoms with Crippen molar-refractivity contribution in [3.8, 4) is 17.2 Å². The predicted molar refractivity (Wildman–Crippen MR) is 70.7 cm³/mol. The minimum absolute atomic E-state index is 0.341. The maximum atomic E-state index is 5.46. The van der Waals surface area contributed by atoms with Crippen LogP contribution in [0.3, 0.4) is 0 Å². The standard InChI is InChI=1S/C14H21NO3/c1-16-12-9-14(18-3)13(17-2)8-10(12)11-6-4-5-7-15-11/h8-9,11,15H,4-7H2,1-3H3/t11-/m1/s1. The lowest BCUT2D eigenvalue weighted by Gasteiger charge is -2.26. The Bertz CT molecular complexity index is 400. The second-order valence-corrected chi connectivity index (χ2v) is 4.45. The van der Waals surface area contributed by atoms with Gasteiger partial charge in [-0.05, 0) is 25.5 Å². The molecule has 4 heteroatoms. The summed E-state index contributed by atoms with van der Waals surface area (Å²) in [4.78, 5) is 0. The molecule has 1 aromatic rings. The molecule has 1 saturated heterocycles. The molecule has 0 saturated carbocycles. The molecule has 0 aromatic heterocycles. The first-order chi connectivity index (χ1) is 8.80. The molecule has 0 bridgehead atoms. The molecule has 100 valence electrons. The monoisotopic (exact) mass is 251 g/mol. The fourth-order valence-corrected chi connectivity index (χ4v) is 2.44. The van der Waals surface area contributed by atoms with E-state index in [-0.39, 0.29) is 0 Å². The summed E-state index contributed by atoms with van der Waals surface area (Å²) in [6, 6.07) is 4.25. The van der Waals surface area contributed by atoms with Gasteiger partial charge in [0.2, 0.25) is 0 Å². The summed E-state index contributed by atoms with van der Waals surface area (Å²) in [7, 11) is 4.98. The average Bonchev–Trinajstić information content (AvgIpc) is 2.46. The summed E-state index contributed by atoms with van der Waals surface area (Å²) in [5.74, 6) is 2.31. The van der Waals surface area contributed by atoms with Crippen LogP contribution in [-0.4, -0.2) is 27.9 Å². The molecule has 0 aliphatic carbocycles. The maximum absolute atomic E-state index is 5.46.